The summed E-state index contributed by atoms with van der Waals surface area (Å²) in [5.41, 5.74) is 6.06. The van der Waals surface area contributed by atoms with Crippen molar-refractivity contribution in [2.24, 2.45) is 11.7 Å². The van der Waals surface area contributed by atoms with E-state index in [4.69, 9.17) is 10.3 Å². The van der Waals surface area contributed by atoms with Crippen LogP contribution in [-0.4, -0.2) is 35.6 Å². The average Bonchev–Trinajstić information content (AvgIpc) is 2.84. The van der Waals surface area contributed by atoms with E-state index in [2.05, 4.69) is 14.9 Å². The van der Waals surface area contributed by atoms with Gasteiger partial charge in [-0.25, -0.2) is 0 Å². The zero-order chi connectivity index (χ0) is 15.3. The van der Waals surface area contributed by atoms with E-state index in [1.165, 1.54) is 0 Å². The number of hydrogen-bond donors (Lipinski definition) is 1. The number of nitrogens with zero attached hydrogens (tertiary/aromatic N) is 2. The quantitative estimate of drug-likeness (QED) is 0.816. The van der Waals surface area contributed by atoms with Crippen LogP contribution in [0.5, 0.6) is 0 Å². The first-order chi connectivity index (χ1) is 9.94. The van der Waals surface area contributed by atoms with Crippen LogP contribution in [0.4, 0.5) is 13.2 Å². The van der Waals surface area contributed by atoms with E-state index < -0.39 is 12.8 Å². The highest BCUT2D eigenvalue weighted by Gasteiger charge is 2.27. The summed E-state index contributed by atoms with van der Waals surface area (Å²) in [6.07, 6.45) is 0.909. The molecule has 2 N–H and O–H groups in total. The lowest BCUT2D eigenvalue weighted by Crippen LogP contribution is -2.34. The third-order valence-electron chi connectivity index (χ3n) is 3.65. The molecular weight excluding hydrogens is 287 g/mol. The average molecular weight is 307 g/mol. The largest absolute Gasteiger partial charge is 0.411 e. The molecule has 1 fully saturated rings. The molecule has 2 unspecified atom stereocenters. The Kier molecular flexibility index (Phi) is 5.58. The molecule has 2 atom stereocenters. The van der Waals surface area contributed by atoms with Gasteiger partial charge in [0.25, 0.3) is 0 Å². The topological polar surface area (TPSA) is 74.2 Å². The Morgan fingerprint density at radius 3 is 2.76 bits per heavy atom. The molecule has 1 aromatic heterocycles. The molecule has 0 bridgehead atoms. The number of aromatic nitrogens is 2. The van der Waals surface area contributed by atoms with Gasteiger partial charge >= 0.3 is 6.18 Å². The van der Waals surface area contributed by atoms with Gasteiger partial charge in [-0.05, 0) is 18.8 Å². The van der Waals surface area contributed by atoms with E-state index in [1.54, 1.807) is 0 Å². The maximum Gasteiger partial charge on any atom is 0.411 e. The molecule has 120 valence electrons. The standard InChI is InChI=1S/C13H20F3N3O2/c14-13(15,16)8-20-6-5-11-18-12(21-19-11)7-9-3-1-2-4-10(9)17/h9-10H,1-8,17H2. The molecule has 21 heavy (non-hydrogen) atoms. The van der Waals surface area contributed by atoms with E-state index in [0.717, 1.165) is 25.7 Å². The van der Waals surface area contributed by atoms with Crippen LogP contribution in [0.25, 0.3) is 0 Å². The first kappa shape index (κ1) is 16.2. The molecule has 5 nitrogen and oxygen atoms in total. The van der Waals surface area contributed by atoms with Gasteiger partial charge < -0.3 is 15.0 Å². The van der Waals surface area contributed by atoms with Crippen molar-refractivity contribution in [2.75, 3.05) is 13.2 Å². The number of halogens is 3. The third-order valence-corrected chi connectivity index (χ3v) is 3.65. The molecule has 0 radical (unpaired) electrons. The zero-order valence-corrected chi connectivity index (χ0v) is 11.7. The van der Waals surface area contributed by atoms with E-state index in [9.17, 15) is 13.2 Å². The number of alkyl halides is 3. The number of ether oxygens (including phenoxy) is 1. The molecule has 0 aliphatic heterocycles. The number of rotatable bonds is 6. The number of nitrogens with two attached hydrogens (primary N) is 1. The van der Waals surface area contributed by atoms with Crippen molar-refractivity contribution in [3.8, 4) is 0 Å². The van der Waals surface area contributed by atoms with Crippen LogP contribution >= 0.6 is 0 Å². The molecule has 1 saturated carbocycles. The summed E-state index contributed by atoms with van der Waals surface area (Å²) in [5, 5.41) is 3.75. The monoisotopic (exact) mass is 307 g/mol. The maximum atomic E-state index is 11.9. The minimum absolute atomic E-state index is 0.0819. The Balaban J connectivity index is 1.73. The van der Waals surface area contributed by atoms with Gasteiger partial charge in [0, 0.05) is 18.9 Å². The van der Waals surface area contributed by atoms with Crippen molar-refractivity contribution in [2.45, 2.75) is 50.7 Å². The van der Waals surface area contributed by atoms with Crippen LogP contribution in [0.2, 0.25) is 0 Å². The van der Waals surface area contributed by atoms with Crippen LogP contribution in [0.1, 0.15) is 37.4 Å². The highest BCUT2D eigenvalue weighted by molar-refractivity contribution is 4.91. The molecule has 1 aliphatic carbocycles. The second-order valence-corrected chi connectivity index (χ2v) is 5.43. The molecule has 2 rings (SSSR count). The summed E-state index contributed by atoms with van der Waals surface area (Å²) >= 11 is 0. The molecule has 0 aromatic carbocycles. The van der Waals surface area contributed by atoms with Gasteiger partial charge in [0.15, 0.2) is 5.82 Å². The molecule has 8 heteroatoms. The van der Waals surface area contributed by atoms with Gasteiger partial charge in [-0.15, -0.1) is 0 Å². The third kappa shape index (κ3) is 5.62. The molecule has 0 saturated heterocycles. The van der Waals surface area contributed by atoms with Crippen molar-refractivity contribution in [3.05, 3.63) is 11.7 Å². The van der Waals surface area contributed by atoms with Gasteiger partial charge in [-0.3, -0.25) is 0 Å². The summed E-state index contributed by atoms with van der Waals surface area (Å²) in [7, 11) is 0. The predicted octanol–water partition coefficient (Wildman–Crippen LogP) is 2.25. The highest BCUT2D eigenvalue weighted by Crippen LogP contribution is 2.25. The molecule has 0 spiro atoms. The minimum Gasteiger partial charge on any atom is -0.372 e. The van der Waals surface area contributed by atoms with Gasteiger partial charge in [-0.1, -0.05) is 18.0 Å². The van der Waals surface area contributed by atoms with Crippen molar-refractivity contribution in [1.82, 2.24) is 10.1 Å². The van der Waals surface area contributed by atoms with Gasteiger partial charge in [0.1, 0.15) is 6.61 Å². The first-order valence-corrected chi connectivity index (χ1v) is 7.15. The van der Waals surface area contributed by atoms with Gasteiger partial charge in [-0.2, -0.15) is 18.2 Å². The van der Waals surface area contributed by atoms with Crippen molar-refractivity contribution >= 4 is 0 Å². The fraction of sp³-hybridized carbons (Fsp3) is 0.846. The second-order valence-electron chi connectivity index (χ2n) is 5.43. The lowest BCUT2D eigenvalue weighted by Gasteiger charge is -2.27. The van der Waals surface area contributed by atoms with Crippen LogP contribution in [0, 0.1) is 5.92 Å². The zero-order valence-electron chi connectivity index (χ0n) is 11.7. The maximum absolute atomic E-state index is 11.9. The van der Waals surface area contributed by atoms with Crippen molar-refractivity contribution in [3.63, 3.8) is 0 Å². The summed E-state index contributed by atoms with van der Waals surface area (Å²) in [6.45, 7) is -1.34. The Labute approximate surface area is 121 Å². The lowest BCUT2D eigenvalue weighted by atomic mass is 9.83. The van der Waals surface area contributed by atoms with Crippen LogP contribution in [0.15, 0.2) is 4.52 Å². The van der Waals surface area contributed by atoms with Gasteiger partial charge in [0.05, 0.1) is 6.61 Å². The smallest absolute Gasteiger partial charge is 0.372 e. The summed E-state index contributed by atoms with van der Waals surface area (Å²) in [4.78, 5) is 4.18. The van der Waals surface area contributed by atoms with Crippen LogP contribution in [-0.2, 0) is 17.6 Å². The Morgan fingerprint density at radius 1 is 1.29 bits per heavy atom. The Morgan fingerprint density at radius 2 is 2.05 bits per heavy atom. The molecule has 1 aromatic rings. The van der Waals surface area contributed by atoms with E-state index in [-0.39, 0.29) is 19.1 Å². The Bertz CT molecular complexity index is 437. The predicted molar refractivity (Wildman–Crippen MR) is 68.5 cm³/mol. The van der Waals surface area contributed by atoms with Crippen LogP contribution in [0.3, 0.4) is 0 Å². The minimum atomic E-state index is -4.31. The first-order valence-electron chi connectivity index (χ1n) is 7.15. The lowest BCUT2D eigenvalue weighted by molar-refractivity contribution is -0.173. The van der Waals surface area contributed by atoms with E-state index >= 15 is 0 Å². The Hall–Kier alpha value is -1.15. The van der Waals surface area contributed by atoms with E-state index in [1.807, 2.05) is 0 Å². The highest BCUT2D eigenvalue weighted by atomic mass is 19.4. The van der Waals surface area contributed by atoms with Crippen molar-refractivity contribution < 1.29 is 22.4 Å². The molecular formula is C13H20F3N3O2. The normalized spacial score (nSPS) is 23.4. The van der Waals surface area contributed by atoms with Gasteiger partial charge in [0.2, 0.25) is 5.89 Å². The van der Waals surface area contributed by atoms with E-state index in [0.29, 0.717) is 24.1 Å². The summed E-state index contributed by atoms with van der Waals surface area (Å²) < 4.78 is 45.3. The van der Waals surface area contributed by atoms with Crippen LogP contribution < -0.4 is 5.73 Å². The summed E-state index contributed by atoms with van der Waals surface area (Å²) in [5.74, 6) is 1.22. The second kappa shape index (κ2) is 7.22. The fourth-order valence-electron chi connectivity index (χ4n) is 2.54. The number of hydrogen-bond acceptors (Lipinski definition) is 5. The van der Waals surface area contributed by atoms with Crippen molar-refractivity contribution in [1.29, 1.82) is 0 Å². The molecule has 0 amide bonds. The molecule has 1 aliphatic rings. The summed E-state index contributed by atoms with van der Waals surface area (Å²) in [6, 6.07) is 0.157. The fourth-order valence-corrected chi connectivity index (χ4v) is 2.54. The SMILES string of the molecule is NC1CCCCC1Cc1nc(CCOCC(F)(F)F)no1. The molecule has 1 heterocycles.